The molecule has 4 aliphatic carbocycles. The maximum absolute atomic E-state index is 11.3. The van der Waals surface area contributed by atoms with E-state index in [1.165, 1.54) is 25.7 Å². The molecule has 0 aliphatic heterocycles. The Morgan fingerprint density at radius 1 is 1.04 bits per heavy atom. The van der Waals surface area contributed by atoms with Crippen molar-refractivity contribution in [1.29, 1.82) is 0 Å². The van der Waals surface area contributed by atoms with E-state index in [1.807, 2.05) is 0 Å². The maximum Gasteiger partial charge on any atom is 0.217 e. The summed E-state index contributed by atoms with van der Waals surface area (Å²) in [4.78, 5) is 11.3. The zero-order valence-electron chi connectivity index (χ0n) is 18.1. The van der Waals surface area contributed by atoms with Crippen LogP contribution in [0.15, 0.2) is 0 Å². The van der Waals surface area contributed by atoms with E-state index in [4.69, 9.17) is 5.73 Å². The van der Waals surface area contributed by atoms with Gasteiger partial charge in [-0.15, -0.1) is 0 Å². The highest BCUT2D eigenvalue weighted by Crippen LogP contribution is 2.68. The molecule has 0 aromatic carbocycles. The molecule has 1 unspecified atom stereocenters. The quantitative estimate of drug-likeness (QED) is 0.680. The van der Waals surface area contributed by atoms with E-state index in [1.54, 1.807) is 0 Å². The lowest BCUT2D eigenvalue weighted by Crippen LogP contribution is -2.58. The Bertz CT molecular complexity index is 609. The van der Waals surface area contributed by atoms with E-state index >= 15 is 0 Å². The third kappa shape index (κ3) is 3.14. The molecule has 0 bridgehead atoms. The van der Waals surface area contributed by atoms with Gasteiger partial charge in [-0.1, -0.05) is 20.8 Å². The highest BCUT2D eigenvalue weighted by molar-refractivity contribution is 5.73. The monoisotopic (exact) mass is 391 g/mol. The van der Waals surface area contributed by atoms with Crippen LogP contribution in [0.1, 0.15) is 85.0 Å². The zero-order valence-corrected chi connectivity index (χ0v) is 18.1. The summed E-state index contributed by atoms with van der Waals surface area (Å²) < 4.78 is 0. The molecule has 10 atom stereocenters. The predicted molar refractivity (Wildman–Crippen MR) is 110 cm³/mol. The molecule has 1 amide bonds. The summed E-state index contributed by atoms with van der Waals surface area (Å²) in [5, 5.41) is 21.5. The standard InChI is InChI=1S/C24H41NO3/c1-14(4-7-21(25)28)17-5-6-18-22-19(9-11-24(17,18)3)23(2)10-8-16(26)12-15(23)13-20(22)27/h14-20,22,26-27H,4-13H2,1-3H3,(H2,25,28)/t14-,15?,16-,17-,18+,19+,20-,22+,23+,24-/m1/s1. The summed E-state index contributed by atoms with van der Waals surface area (Å²) in [6, 6.07) is 0. The Balaban J connectivity index is 1.55. The van der Waals surface area contributed by atoms with Crippen molar-refractivity contribution in [3.63, 3.8) is 0 Å². The molecule has 28 heavy (non-hydrogen) atoms. The Morgan fingerprint density at radius 2 is 1.71 bits per heavy atom. The Labute approximate surface area is 170 Å². The summed E-state index contributed by atoms with van der Waals surface area (Å²) in [6.07, 6.45) is 9.75. The number of primary amides is 1. The molecule has 4 heteroatoms. The second-order valence-corrected chi connectivity index (χ2v) is 11.4. The molecule has 4 rings (SSSR count). The second kappa shape index (κ2) is 7.27. The first-order valence-corrected chi connectivity index (χ1v) is 11.8. The van der Waals surface area contributed by atoms with Gasteiger partial charge in [-0.25, -0.2) is 0 Å². The Kier molecular flexibility index (Phi) is 5.36. The fraction of sp³-hybridized carbons (Fsp3) is 0.958. The van der Waals surface area contributed by atoms with Crippen LogP contribution in [0.3, 0.4) is 0 Å². The van der Waals surface area contributed by atoms with Crippen molar-refractivity contribution in [1.82, 2.24) is 0 Å². The molecule has 0 aromatic rings. The van der Waals surface area contributed by atoms with Crippen LogP contribution < -0.4 is 5.73 Å². The lowest BCUT2D eigenvalue weighted by atomic mass is 9.43. The smallest absolute Gasteiger partial charge is 0.217 e. The predicted octanol–water partition coefficient (Wildman–Crippen LogP) is 3.88. The summed E-state index contributed by atoms with van der Waals surface area (Å²) in [5.41, 5.74) is 5.99. The van der Waals surface area contributed by atoms with E-state index < -0.39 is 0 Å². The molecule has 4 aliphatic rings. The van der Waals surface area contributed by atoms with Crippen molar-refractivity contribution in [2.24, 2.45) is 52.1 Å². The highest BCUT2D eigenvalue weighted by Gasteiger charge is 2.62. The van der Waals surface area contributed by atoms with Crippen LogP contribution in [0, 0.1) is 46.3 Å². The summed E-state index contributed by atoms with van der Waals surface area (Å²) >= 11 is 0. The number of fused-ring (bicyclic) bond motifs is 5. The van der Waals surface area contributed by atoms with Gasteiger partial charge in [0.25, 0.3) is 0 Å². The number of aliphatic hydroxyl groups excluding tert-OH is 2. The number of carbonyl (C=O) groups is 1. The molecular formula is C24H41NO3. The molecule has 0 heterocycles. The first-order valence-electron chi connectivity index (χ1n) is 11.8. The second-order valence-electron chi connectivity index (χ2n) is 11.4. The number of amides is 1. The normalized spacial score (nSPS) is 51.7. The minimum Gasteiger partial charge on any atom is -0.393 e. The van der Waals surface area contributed by atoms with Crippen LogP contribution in [0.2, 0.25) is 0 Å². The molecular weight excluding hydrogens is 350 g/mol. The minimum absolute atomic E-state index is 0.169. The SMILES string of the molecule is C[C@H](CCC(N)=O)[C@H]1CC[C@H]2[C@@H]3[C@H](O)CC4C[C@H](O)CC[C@]4(C)[C@H]3CC[C@]12C. The van der Waals surface area contributed by atoms with Crippen molar-refractivity contribution in [2.45, 2.75) is 97.2 Å². The van der Waals surface area contributed by atoms with Gasteiger partial charge >= 0.3 is 0 Å². The molecule has 4 saturated carbocycles. The molecule has 0 spiro atoms. The van der Waals surface area contributed by atoms with Gasteiger partial charge in [-0.05, 0) is 104 Å². The molecule has 4 nitrogen and oxygen atoms in total. The fourth-order valence-electron chi connectivity index (χ4n) is 8.75. The summed E-state index contributed by atoms with van der Waals surface area (Å²) in [5.74, 6) is 3.08. The lowest BCUT2D eigenvalue weighted by molar-refractivity contribution is -0.174. The third-order valence-corrected chi connectivity index (χ3v) is 10.3. The Hall–Kier alpha value is -0.610. The van der Waals surface area contributed by atoms with Crippen molar-refractivity contribution >= 4 is 5.91 Å². The van der Waals surface area contributed by atoms with E-state index in [2.05, 4.69) is 20.8 Å². The average molecular weight is 392 g/mol. The molecule has 4 fully saturated rings. The van der Waals surface area contributed by atoms with Gasteiger partial charge in [-0.3, -0.25) is 4.79 Å². The first kappa shape index (κ1) is 20.7. The zero-order chi connectivity index (χ0) is 20.3. The number of rotatable bonds is 4. The van der Waals surface area contributed by atoms with Crippen LogP contribution in [0.4, 0.5) is 0 Å². The van der Waals surface area contributed by atoms with Gasteiger partial charge in [0.1, 0.15) is 0 Å². The first-order chi connectivity index (χ1) is 13.2. The molecule has 160 valence electrons. The van der Waals surface area contributed by atoms with Crippen molar-refractivity contribution in [2.75, 3.05) is 0 Å². The largest absolute Gasteiger partial charge is 0.393 e. The van der Waals surface area contributed by atoms with Gasteiger partial charge < -0.3 is 15.9 Å². The van der Waals surface area contributed by atoms with Gasteiger partial charge in [0.15, 0.2) is 0 Å². The van der Waals surface area contributed by atoms with E-state index in [9.17, 15) is 15.0 Å². The van der Waals surface area contributed by atoms with Crippen LogP contribution >= 0.6 is 0 Å². The summed E-state index contributed by atoms with van der Waals surface area (Å²) in [7, 11) is 0. The minimum atomic E-state index is -0.210. The molecule has 0 aromatic heterocycles. The Morgan fingerprint density at radius 3 is 2.43 bits per heavy atom. The average Bonchev–Trinajstić information content (AvgIpc) is 2.98. The number of nitrogens with two attached hydrogens (primary N) is 1. The van der Waals surface area contributed by atoms with E-state index in [-0.39, 0.29) is 23.5 Å². The summed E-state index contributed by atoms with van der Waals surface area (Å²) in [6.45, 7) is 7.26. The number of aliphatic hydroxyl groups is 2. The van der Waals surface area contributed by atoms with Gasteiger partial charge in [0, 0.05) is 6.42 Å². The van der Waals surface area contributed by atoms with Crippen molar-refractivity contribution in [3.8, 4) is 0 Å². The number of hydrogen-bond acceptors (Lipinski definition) is 3. The maximum atomic E-state index is 11.3. The highest BCUT2D eigenvalue weighted by atomic mass is 16.3. The van der Waals surface area contributed by atoms with E-state index in [0.29, 0.717) is 47.3 Å². The molecule has 0 saturated heterocycles. The van der Waals surface area contributed by atoms with Crippen LogP contribution in [0.25, 0.3) is 0 Å². The van der Waals surface area contributed by atoms with Crippen molar-refractivity contribution in [3.05, 3.63) is 0 Å². The van der Waals surface area contributed by atoms with E-state index in [0.717, 1.165) is 32.1 Å². The van der Waals surface area contributed by atoms with Gasteiger partial charge in [0.2, 0.25) is 5.91 Å². The molecule has 4 N–H and O–H groups in total. The number of hydrogen-bond donors (Lipinski definition) is 3. The van der Waals surface area contributed by atoms with Crippen LogP contribution in [-0.4, -0.2) is 28.3 Å². The van der Waals surface area contributed by atoms with Crippen molar-refractivity contribution < 1.29 is 15.0 Å². The third-order valence-electron chi connectivity index (χ3n) is 10.3. The number of carbonyl (C=O) groups excluding carboxylic acids is 1. The van der Waals surface area contributed by atoms with Crippen LogP contribution in [-0.2, 0) is 4.79 Å². The fourth-order valence-corrected chi connectivity index (χ4v) is 8.75. The topological polar surface area (TPSA) is 83.6 Å². The van der Waals surface area contributed by atoms with Gasteiger partial charge in [-0.2, -0.15) is 0 Å². The molecule has 0 radical (unpaired) electrons. The van der Waals surface area contributed by atoms with Gasteiger partial charge in [0.05, 0.1) is 12.2 Å². The van der Waals surface area contributed by atoms with Crippen LogP contribution in [0.5, 0.6) is 0 Å². The lowest BCUT2D eigenvalue weighted by Gasteiger charge is -2.62.